The Hall–Kier alpha value is -0.920. The van der Waals surface area contributed by atoms with Gasteiger partial charge in [-0.3, -0.25) is 4.79 Å². The molecular weight excluding hydrogens is 304 g/mol. The van der Waals surface area contributed by atoms with Gasteiger partial charge in [0.2, 0.25) is 0 Å². The summed E-state index contributed by atoms with van der Waals surface area (Å²) in [6.45, 7) is 3.80. The molecule has 1 saturated heterocycles. The molecule has 0 spiro atoms. The van der Waals surface area contributed by atoms with Gasteiger partial charge in [-0.25, -0.2) is 0 Å². The lowest BCUT2D eigenvalue weighted by molar-refractivity contribution is -0.0593. The largest absolute Gasteiger partial charge is 0.377 e. The van der Waals surface area contributed by atoms with Crippen LogP contribution in [0.5, 0.6) is 0 Å². The molecule has 0 radical (unpaired) electrons. The average molecular weight is 326 g/mol. The highest BCUT2D eigenvalue weighted by atomic mass is 32.2. The molecule has 1 aliphatic heterocycles. The molecule has 1 unspecified atom stereocenters. The van der Waals surface area contributed by atoms with Crippen molar-refractivity contribution in [2.75, 3.05) is 52.0 Å². The summed E-state index contributed by atoms with van der Waals surface area (Å²) in [4.78, 5) is 12.6. The highest BCUT2D eigenvalue weighted by Gasteiger charge is 2.12. The van der Waals surface area contributed by atoms with Gasteiger partial charge in [0.15, 0.2) is 5.43 Å². The summed E-state index contributed by atoms with van der Waals surface area (Å²) in [5.41, 5.74) is 0.0285. The third-order valence-electron chi connectivity index (χ3n) is 3.01. The lowest BCUT2D eigenvalue weighted by atomic mass is 10.4. The van der Waals surface area contributed by atoms with Crippen molar-refractivity contribution in [1.82, 2.24) is 0 Å². The van der Waals surface area contributed by atoms with E-state index in [4.69, 9.17) is 18.9 Å². The monoisotopic (exact) mass is 326 g/mol. The van der Waals surface area contributed by atoms with Gasteiger partial charge in [-0.2, -0.15) is 0 Å². The van der Waals surface area contributed by atoms with Crippen LogP contribution < -0.4 is 5.43 Å². The fourth-order valence-electron chi connectivity index (χ4n) is 1.89. The first-order chi connectivity index (χ1) is 10.9. The third kappa shape index (κ3) is 6.89. The van der Waals surface area contributed by atoms with Crippen molar-refractivity contribution in [2.45, 2.75) is 11.0 Å². The topological polar surface area (TPSA) is 54.0 Å². The molecule has 1 aromatic rings. The molecule has 0 saturated carbocycles. The second-order valence-electron chi connectivity index (χ2n) is 4.74. The summed E-state index contributed by atoms with van der Waals surface area (Å²) in [5.74, 6) is 0.667. The predicted molar refractivity (Wildman–Crippen MR) is 85.6 cm³/mol. The number of thioether (sulfide) groups is 1. The SMILES string of the molecule is O=c1cccccc1SCC1COCCOCCOCCO1. The van der Waals surface area contributed by atoms with Crippen LogP contribution in [-0.2, 0) is 18.9 Å². The molecule has 5 nitrogen and oxygen atoms in total. The predicted octanol–water partition coefficient (Wildman–Crippen LogP) is 1.59. The lowest BCUT2D eigenvalue weighted by Gasteiger charge is -2.19. The Morgan fingerprint density at radius 1 is 0.909 bits per heavy atom. The van der Waals surface area contributed by atoms with Crippen molar-refractivity contribution in [2.24, 2.45) is 0 Å². The van der Waals surface area contributed by atoms with Crippen LogP contribution in [0.15, 0.2) is 40.0 Å². The van der Waals surface area contributed by atoms with Gasteiger partial charge >= 0.3 is 0 Å². The second kappa shape index (κ2) is 10.7. The molecule has 1 aliphatic rings. The molecule has 0 aromatic heterocycles. The third-order valence-corrected chi connectivity index (χ3v) is 4.20. The van der Waals surface area contributed by atoms with Gasteiger partial charge < -0.3 is 18.9 Å². The van der Waals surface area contributed by atoms with E-state index in [1.165, 1.54) is 11.8 Å². The molecule has 1 heterocycles. The molecule has 1 fully saturated rings. The Morgan fingerprint density at radius 3 is 2.41 bits per heavy atom. The zero-order chi connectivity index (χ0) is 15.5. The molecule has 0 bridgehead atoms. The molecule has 1 aromatic carbocycles. The first-order valence-electron chi connectivity index (χ1n) is 7.43. The molecule has 0 amide bonds. The van der Waals surface area contributed by atoms with E-state index in [0.717, 1.165) is 4.90 Å². The normalized spacial score (nSPS) is 21.5. The summed E-state index contributed by atoms with van der Waals surface area (Å²) in [6.07, 6.45) is -0.0714. The van der Waals surface area contributed by atoms with Crippen LogP contribution in [-0.4, -0.2) is 58.1 Å². The van der Waals surface area contributed by atoms with Crippen molar-refractivity contribution in [3.63, 3.8) is 0 Å². The van der Waals surface area contributed by atoms with E-state index in [0.29, 0.717) is 52.0 Å². The van der Waals surface area contributed by atoms with Crippen molar-refractivity contribution >= 4 is 11.8 Å². The second-order valence-corrected chi connectivity index (χ2v) is 5.80. The van der Waals surface area contributed by atoms with Gasteiger partial charge in [0.05, 0.1) is 57.2 Å². The zero-order valence-electron chi connectivity index (χ0n) is 12.6. The summed E-state index contributed by atoms with van der Waals surface area (Å²) in [5, 5.41) is 0. The Balaban J connectivity index is 1.84. The molecule has 1 atom stereocenters. The number of ether oxygens (including phenoxy) is 4. The number of hydrogen-bond donors (Lipinski definition) is 0. The smallest absolute Gasteiger partial charge is 0.192 e. The maximum Gasteiger partial charge on any atom is 0.192 e. The minimum atomic E-state index is -0.0714. The van der Waals surface area contributed by atoms with Crippen LogP contribution in [0.25, 0.3) is 0 Å². The van der Waals surface area contributed by atoms with Gasteiger partial charge in [0.1, 0.15) is 0 Å². The maximum absolute atomic E-state index is 11.9. The van der Waals surface area contributed by atoms with Crippen molar-refractivity contribution in [3.8, 4) is 0 Å². The summed E-state index contributed by atoms with van der Waals surface area (Å²) in [7, 11) is 0. The fourth-order valence-corrected chi connectivity index (χ4v) is 2.83. The van der Waals surface area contributed by atoms with Gasteiger partial charge in [-0.15, -0.1) is 11.8 Å². The van der Waals surface area contributed by atoms with E-state index < -0.39 is 0 Å². The van der Waals surface area contributed by atoms with E-state index in [-0.39, 0.29) is 11.5 Å². The van der Waals surface area contributed by atoms with Gasteiger partial charge in [0.25, 0.3) is 0 Å². The van der Waals surface area contributed by atoms with Gasteiger partial charge in [0, 0.05) is 5.75 Å². The van der Waals surface area contributed by atoms with Crippen LogP contribution in [0.1, 0.15) is 0 Å². The standard InChI is InChI=1S/C16H22O5S/c17-15-4-2-1-3-5-16(15)22-13-14-12-20-9-8-18-6-7-19-10-11-21-14/h1-5,14H,6-13H2. The van der Waals surface area contributed by atoms with E-state index >= 15 is 0 Å². The van der Waals surface area contributed by atoms with E-state index in [9.17, 15) is 4.79 Å². The highest BCUT2D eigenvalue weighted by molar-refractivity contribution is 7.99. The molecule has 0 N–H and O–H groups in total. The van der Waals surface area contributed by atoms with Crippen LogP contribution in [0, 0.1) is 0 Å². The molecule has 0 aliphatic carbocycles. The summed E-state index contributed by atoms with van der Waals surface area (Å²) >= 11 is 1.49. The van der Waals surface area contributed by atoms with E-state index in [2.05, 4.69) is 0 Å². The first kappa shape index (κ1) is 17.4. The first-order valence-corrected chi connectivity index (χ1v) is 8.42. The van der Waals surface area contributed by atoms with Crippen LogP contribution in [0.3, 0.4) is 0 Å². The fraction of sp³-hybridized carbons (Fsp3) is 0.562. The van der Waals surface area contributed by atoms with Crippen molar-refractivity contribution in [1.29, 1.82) is 0 Å². The zero-order valence-corrected chi connectivity index (χ0v) is 13.4. The molecule has 6 heteroatoms. The van der Waals surface area contributed by atoms with E-state index in [1.807, 2.05) is 18.2 Å². The Kier molecular flexibility index (Phi) is 8.52. The molecule has 2 rings (SSSR count). The Labute approximate surface area is 134 Å². The Bertz CT molecular complexity index is 470. The van der Waals surface area contributed by atoms with Gasteiger partial charge in [-0.05, 0) is 12.1 Å². The summed E-state index contributed by atoms with van der Waals surface area (Å²) < 4.78 is 22.1. The Morgan fingerprint density at radius 2 is 1.59 bits per heavy atom. The highest BCUT2D eigenvalue weighted by Crippen LogP contribution is 2.15. The van der Waals surface area contributed by atoms with Crippen molar-refractivity contribution < 1.29 is 18.9 Å². The van der Waals surface area contributed by atoms with Crippen LogP contribution in [0.4, 0.5) is 0 Å². The maximum atomic E-state index is 11.9. The minimum absolute atomic E-state index is 0.0285. The van der Waals surface area contributed by atoms with E-state index in [1.54, 1.807) is 12.1 Å². The minimum Gasteiger partial charge on any atom is -0.377 e. The average Bonchev–Trinajstić information content (AvgIpc) is 2.71. The number of hydrogen-bond acceptors (Lipinski definition) is 6. The van der Waals surface area contributed by atoms with Crippen LogP contribution >= 0.6 is 11.8 Å². The number of rotatable bonds is 3. The molecule has 22 heavy (non-hydrogen) atoms. The lowest BCUT2D eigenvalue weighted by Crippen LogP contribution is -2.27. The quantitative estimate of drug-likeness (QED) is 0.786. The summed E-state index contributed by atoms with van der Waals surface area (Å²) in [6, 6.07) is 8.87. The van der Waals surface area contributed by atoms with Crippen LogP contribution in [0.2, 0.25) is 0 Å². The van der Waals surface area contributed by atoms with Gasteiger partial charge in [-0.1, -0.05) is 18.2 Å². The molecular formula is C16H22O5S. The molecule has 122 valence electrons. The van der Waals surface area contributed by atoms with Crippen molar-refractivity contribution in [3.05, 3.63) is 40.6 Å².